The van der Waals surface area contributed by atoms with Crippen LogP contribution in [-0.4, -0.2) is 16.4 Å². The van der Waals surface area contributed by atoms with Crippen LogP contribution in [0.2, 0.25) is 0 Å². The fourth-order valence-corrected chi connectivity index (χ4v) is 2.62. The Balaban J connectivity index is 1.60. The molecule has 1 aromatic heterocycles. The molecule has 0 fully saturated rings. The van der Waals surface area contributed by atoms with Crippen LogP contribution in [0.4, 0.5) is 0 Å². The molecule has 0 unspecified atom stereocenters. The van der Waals surface area contributed by atoms with E-state index in [-0.39, 0.29) is 5.92 Å². The molecule has 0 spiro atoms. The maximum atomic E-state index is 4.33. The molecule has 25 heavy (non-hydrogen) atoms. The number of hydrogen-bond acceptors (Lipinski definition) is 3. The van der Waals surface area contributed by atoms with Crippen molar-refractivity contribution in [2.24, 2.45) is 11.0 Å². The van der Waals surface area contributed by atoms with E-state index in [1.807, 2.05) is 36.4 Å². The SMILES string of the molecule is C=C(N/N=C/c1cn[nH]c1-c1ccccc1)[C@H](C)Cc1ccccc1. The van der Waals surface area contributed by atoms with Crippen LogP contribution >= 0.6 is 0 Å². The van der Waals surface area contributed by atoms with Gasteiger partial charge in [0.1, 0.15) is 0 Å². The standard InChI is InChI=1S/C21H22N4/c1-16(13-18-9-5-3-6-10-18)17(2)24-22-14-20-15-23-25-21(20)19-11-7-4-8-12-19/h3-12,14-16,24H,2,13H2,1H3,(H,23,25)/b22-14+/t16-/m1/s1. The van der Waals surface area contributed by atoms with Crippen molar-refractivity contribution in [1.82, 2.24) is 15.6 Å². The lowest BCUT2D eigenvalue weighted by molar-refractivity contribution is 0.618. The molecule has 4 nitrogen and oxygen atoms in total. The molecule has 0 bridgehead atoms. The zero-order valence-corrected chi connectivity index (χ0v) is 14.3. The molecule has 0 amide bonds. The molecule has 3 rings (SSSR count). The van der Waals surface area contributed by atoms with E-state index in [9.17, 15) is 0 Å². The smallest absolute Gasteiger partial charge is 0.0738 e. The van der Waals surface area contributed by atoms with Crippen molar-refractivity contribution in [3.63, 3.8) is 0 Å². The third kappa shape index (κ3) is 4.44. The largest absolute Gasteiger partial charge is 0.283 e. The maximum Gasteiger partial charge on any atom is 0.0738 e. The summed E-state index contributed by atoms with van der Waals surface area (Å²) in [4.78, 5) is 0. The van der Waals surface area contributed by atoms with Crippen molar-refractivity contribution in [1.29, 1.82) is 0 Å². The van der Waals surface area contributed by atoms with Crippen molar-refractivity contribution >= 4 is 6.21 Å². The van der Waals surface area contributed by atoms with Gasteiger partial charge in [0.25, 0.3) is 0 Å². The molecule has 0 saturated heterocycles. The molecule has 0 aliphatic rings. The first-order valence-corrected chi connectivity index (χ1v) is 8.34. The van der Waals surface area contributed by atoms with Gasteiger partial charge in [-0.15, -0.1) is 0 Å². The lowest BCUT2D eigenvalue weighted by atomic mass is 9.99. The number of allylic oxidation sites excluding steroid dienone is 1. The van der Waals surface area contributed by atoms with Gasteiger partial charge in [0.05, 0.1) is 18.1 Å². The van der Waals surface area contributed by atoms with Crippen molar-refractivity contribution in [3.05, 3.63) is 90.3 Å². The number of nitrogens with one attached hydrogen (secondary N) is 2. The van der Waals surface area contributed by atoms with E-state index < -0.39 is 0 Å². The second kappa shape index (κ2) is 8.11. The van der Waals surface area contributed by atoms with Gasteiger partial charge in [-0.05, 0) is 12.0 Å². The van der Waals surface area contributed by atoms with Gasteiger partial charge in [0, 0.05) is 22.7 Å². The number of nitrogens with zero attached hydrogens (tertiary/aromatic N) is 2. The third-order valence-electron chi connectivity index (χ3n) is 4.12. The van der Waals surface area contributed by atoms with Gasteiger partial charge in [-0.1, -0.05) is 74.2 Å². The summed E-state index contributed by atoms with van der Waals surface area (Å²) < 4.78 is 0. The van der Waals surface area contributed by atoms with E-state index in [0.29, 0.717) is 0 Å². The van der Waals surface area contributed by atoms with Gasteiger partial charge >= 0.3 is 0 Å². The normalized spacial score (nSPS) is 12.2. The fourth-order valence-electron chi connectivity index (χ4n) is 2.62. The summed E-state index contributed by atoms with van der Waals surface area (Å²) in [6.45, 7) is 6.25. The van der Waals surface area contributed by atoms with E-state index in [1.165, 1.54) is 5.56 Å². The number of H-pyrrole nitrogens is 1. The first-order valence-electron chi connectivity index (χ1n) is 8.34. The average Bonchev–Trinajstić information content (AvgIpc) is 3.11. The summed E-state index contributed by atoms with van der Waals surface area (Å²) in [5.41, 5.74) is 8.21. The first kappa shape index (κ1) is 16.7. The molecule has 0 radical (unpaired) electrons. The molecule has 0 aliphatic heterocycles. The Morgan fingerprint density at radius 1 is 1.16 bits per heavy atom. The summed E-state index contributed by atoms with van der Waals surface area (Å²) in [5, 5.41) is 11.5. The second-order valence-electron chi connectivity index (χ2n) is 6.05. The zero-order chi connectivity index (χ0) is 17.5. The highest BCUT2D eigenvalue weighted by Crippen LogP contribution is 2.19. The van der Waals surface area contributed by atoms with E-state index in [2.05, 4.69) is 58.5 Å². The summed E-state index contributed by atoms with van der Waals surface area (Å²) in [5.74, 6) is 0.289. The average molecular weight is 330 g/mol. The zero-order valence-electron chi connectivity index (χ0n) is 14.3. The fraction of sp³-hybridized carbons (Fsp3) is 0.143. The van der Waals surface area contributed by atoms with Gasteiger partial charge in [0.15, 0.2) is 0 Å². The number of hydrogen-bond donors (Lipinski definition) is 2. The van der Waals surface area contributed by atoms with Crippen molar-refractivity contribution in [2.45, 2.75) is 13.3 Å². The van der Waals surface area contributed by atoms with Gasteiger partial charge in [0.2, 0.25) is 0 Å². The van der Waals surface area contributed by atoms with Crippen LogP contribution in [0.25, 0.3) is 11.3 Å². The van der Waals surface area contributed by atoms with Crippen molar-refractivity contribution in [2.75, 3.05) is 0 Å². The Morgan fingerprint density at radius 2 is 1.84 bits per heavy atom. The third-order valence-corrected chi connectivity index (χ3v) is 4.12. The van der Waals surface area contributed by atoms with Crippen molar-refractivity contribution in [3.8, 4) is 11.3 Å². The van der Waals surface area contributed by atoms with Crippen LogP contribution in [0.3, 0.4) is 0 Å². The molecule has 1 atom stereocenters. The number of benzene rings is 2. The highest BCUT2D eigenvalue weighted by molar-refractivity contribution is 5.88. The minimum atomic E-state index is 0.289. The Hall–Kier alpha value is -3.14. The number of rotatable bonds is 7. The summed E-state index contributed by atoms with van der Waals surface area (Å²) in [6, 6.07) is 20.5. The molecule has 2 aromatic carbocycles. The van der Waals surface area contributed by atoms with Crippen molar-refractivity contribution < 1.29 is 0 Å². The van der Waals surface area contributed by atoms with Crippen LogP contribution in [0.1, 0.15) is 18.1 Å². The van der Waals surface area contributed by atoms with Crippen LogP contribution in [0.5, 0.6) is 0 Å². The van der Waals surface area contributed by atoms with Crippen LogP contribution in [-0.2, 0) is 6.42 Å². The van der Waals surface area contributed by atoms with Gasteiger partial charge in [-0.2, -0.15) is 10.2 Å². The molecular weight excluding hydrogens is 308 g/mol. The monoisotopic (exact) mass is 330 g/mol. The Bertz CT molecular complexity index is 835. The predicted molar refractivity (Wildman–Crippen MR) is 103 cm³/mol. The Labute approximate surface area is 148 Å². The Kier molecular flexibility index (Phi) is 5.42. The van der Waals surface area contributed by atoms with E-state index in [1.54, 1.807) is 12.4 Å². The minimum absolute atomic E-state index is 0.289. The lowest BCUT2D eigenvalue weighted by Gasteiger charge is -2.14. The van der Waals surface area contributed by atoms with Gasteiger partial charge in [-0.25, -0.2) is 0 Å². The highest BCUT2D eigenvalue weighted by Gasteiger charge is 2.08. The minimum Gasteiger partial charge on any atom is -0.283 e. The summed E-state index contributed by atoms with van der Waals surface area (Å²) in [7, 11) is 0. The topological polar surface area (TPSA) is 53.1 Å². The molecule has 126 valence electrons. The molecule has 0 saturated carbocycles. The highest BCUT2D eigenvalue weighted by atomic mass is 15.3. The molecule has 4 heteroatoms. The number of aromatic nitrogens is 2. The van der Waals surface area contributed by atoms with E-state index in [4.69, 9.17) is 0 Å². The molecular formula is C21H22N4. The van der Waals surface area contributed by atoms with Crippen LogP contribution in [0, 0.1) is 5.92 Å². The molecule has 0 aliphatic carbocycles. The van der Waals surface area contributed by atoms with Crippen LogP contribution < -0.4 is 5.43 Å². The van der Waals surface area contributed by atoms with Gasteiger partial charge in [-0.3, -0.25) is 10.5 Å². The quantitative estimate of drug-likeness (QED) is 0.498. The lowest BCUT2D eigenvalue weighted by Crippen LogP contribution is -2.14. The maximum absolute atomic E-state index is 4.33. The Morgan fingerprint density at radius 3 is 2.56 bits per heavy atom. The number of hydrazone groups is 1. The summed E-state index contributed by atoms with van der Waals surface area (Å²) >= 11 is 0. The first-order chi connectivity index (χ1) is 12.2. The number of aromatic amines is 1. The summed E-state index contributed by atoms with van der Waals surface area (Å²) in [6.07, 6.45) is 4.47. The van der Waals surface area contributed by atoms with Crippen LogP contribution in [0.15, 0.2) is 84.2 Å². The molecule has 2 N–H and O–H groups in total. The molecule has 3 aromatic rings. The second-order valence-corrected chi connectivity index (χ2v) is 6.05. The predicted octanol–water partition coefficient (Wildman–Crippen LogP) is 4.39. The van der Waals surface area contributed by atoms with E-state index >= 15 is 0 Å². The van der Waals surface area contributed by atoms with Gasteiger partial charge < -0.3 is 0 Å². The molecule has 1 heterocycles. The van der Waals surface area contributed by atoms with E-state index in [0.717, 1.165) is 28.9 Å².